The number of hydrogen-bond donors (Lipinski definition) is 1. The van der Waals surface area contributed by atoms with Crippen LogP contribution in [-0.4, -0.2) is 40.2 Å². The van der Waals surface area contributed by atoms with Gasteiger partial charge in [0, 0.05) is 36.8 Å². The van der Waals surface area contributed by atoms with Crippen LogP contribution in [0.4, 0.5) is 5.00 Å². The summed E-state index contributed by atoms with van der Waals surface area (Å²) >= 11 is 1.46. The maximum atomic E-state index is 13.0. The third-order valence-corrected chi connectivity index (χ3v) is 6.53. The molecule has 31 heavy (non-hydrogen) atoms. The van der Waals surface area contributed by atoms with Gasteiger partial charge < -0.3 is 10.1 Å². The van der Waals surface area contributed by atoms with Gasteiger partial charge >= 0.3 is 5.97 Å². The number of ether oxygens (including phenoxy) is 1. The fraction of sp³-hybridized carbons (Fsp3) is 0.348. The number of fused-ring (bicyclic) bond motifs is 1. The van der Waals surface area contributed by atoms with Gasteiger partial charge in [-0.15, -0.1) is 11.3 Å². The molecule has 8 heteroatoms. The van der Waals surface area contributed by atoms with Gasteiger partial charge in [-0.2, -0.15) is 5.10 Å². The van der Waals surface area contributed by atoms with Gasteiger partial charge in [0.15, 0.2) is 0 Å². The molecule has 1 N–H and O–H groups in total. The topological polar surface area (TPSA) is 76.5 Å². The van der Waals surface area contributed by atoms with Crippen LogP contribution in [0.3, 0.4) is 0 Å². The Morgan fingerprint density at radius 1 is 1.23 bits per heavy atom. The van der Waals surface area contributed by atoms with Gasteiger partial charge in [-0.1, -0.05) is 30.3 Å². The van der Waals surface area contributed by atoms with Crippen molar-refractivity contribution >= 4 is 28.2 Å². The summed E-state index contributed by atoms with van der Waals surface area (Å²) in [7, 11) is 1.37. The van der Waals surface area contributed by atoms with Crippen molar-refractivity contribution in [3.8, 4) is 0 Å². The summed E-state index contributed by atoms with van der Waals surface area (Å²) in [4.78, 5) is 29.0. The second-order valence-corrected chi connectivity index (χ2v) is 8.96. The van der Waals surface area contributed by atoms with Crippen molar-refractivity contribution in [2.45, 2.75) is 39.4 Å². The summed E-state index contributed by atoms with van der Waals surface area (Å²) in [5.74, 6) is -0.697. The molecule has 1 aromatic carbocycles. The van der Waals surface area contributed by atoms with E-state index in [1.165, 1.54) is 24.0 Å². The van der Waals surface area contributed by atoms with E-state index in [0.29, 0.717) is 16.3 Å². The first kappa shape index (κ1) is 21.3. The molecule has 1 aliphatic rings. The van der Waals surface area contributed by atoms with Gasteiger partial charge in [-0.05, 0) is 37.5 Å². The molecule has 7 nitrogen and oxygen atoms in total. The molecule has 3 heterocycles. The number of esters is 1. The van der Waals surface area contributed by atoms with E-state index in [2.05, 4.69) is 27.4 Å². The van der Waals surface area contributed by atoms with E-state index in [1.807, 2.05) is 32.0 Å². The van der Waals surface area contributed by atoms with Crippen molar-refractivity contribution in [1.29, 1.82) is 0 Å². The van der Waals surface area contributed by atoms with Crippen molar-refractivity contribution in [1.82, 2.24) is 14.7 Å². The van der Waals surface area contributed by atoms with Crippen molar-refractivity contribution in [2.24, 2.45) is 0 Å². The number of thiophene rings is 1. The number of carbonyl (C=O) groups is 2. The lowest BCUT2D eigenvalue weighted by Crippen LogP contribution is -2.29. The molecular weight excluding hydrogens is 412 g/mol. The largest absolute Gasteiger partial charge is 0.465 e. The predicted octanol–water partition coefficient (Wildman–Crippen LogP) is 4.12. The lowest BCUT2D eigenvalue weighted by Gasteiger charge is -2.27. The van der Waals surface area contributed by atoms with E-state index in [0.717, 1.165) is 36.5 Å². The Morgan fingerprint density at radius 3 is 2.71 bits per heavy atom. The van der Waals surface area contributed by atoms with Crippen LogP contribution >= 0.6 is 11.3 Å². The van der Waals surface area contributed by atoms with Gasteiger partial charge in [0.2, 0.25) is 0 Å². The summed E-state index contributed by atoms with van der Waals surface area (Å²) in [6.45, 7) is 6.36. The first-order chi connectivity index (χ1) is 15.0. The highest BCUT2D eigenvalue weighted by molar-refractivity contribution is 7.17. The summed E-state index contributed by atoms with van der Waals surface area (Å²) in [6, 6.07) is 12.1. The molecule has 1 amide bonds. The van der Waals surface area contributed by atoms with Gasteiger partial charge in [0.1, 0.15) is 10.7 Å². The molecular formula is C23H26N4O3S. The summed E-state index contributed by atoms with van der Waals surface area (Å²) < 4.78 is 6.71. The third-order valence-electron chi connectivity index (χ3n) is 5.39. The molecule has 4 rings (SSSR count). The number of nitrogens with one attached hydrogen (secondary N) is 1. The molecule has 0 saturated heterocycles. The van der Waals surface area contributed by atoms with Crippen molar-refractivity contribution < 1.29 is 14.3 Å². The number of aromatic nitrogens is 2. The number of benzene rings is 1. The van der Waals surface area contributed by atoms with Crippen LogP contribution in [0.25, 0.3) is 0 Å². The number of hydrogen-bond acceptors (Lipinski definition) is 6. The van der Waals surface area contributed by atoms with Crippen molar-refractivity contribution in [3.05, 3.63) is 69.9 Å². The highest BCUT2D eigenvalue weighted by Gasteiger charge is 2.30. The van der Waals surface area contributed by atoms with Crippen LogP contribution in [0.15, 0.2) is 42.6 Å². The summed E-state index contributed by atoms with van der Waals surface area (Å²) in [6.07, 6.45) is 2.35. The minimum atomic E-state index is -0.415. The number of anilines is 1. The minimum absolute atomic E-state index is 0.0545. The fourth-order valence-electron chi connectivity index (χ4n) is 3.91. The van der Waals surface area contributed by atoms with Crippen LogP contribution < -0.4 is 5.32 Å². The first-order valence-corrected chi connectivity index (χ1v) is 11.1. The van der Waals surface area contributed by atoms with Crippen LogP contribution in [-0.2, 0) is 24.2 Å². The highest BCUT2D eigenvalue weighted by Crippen LogP contribution is 2.38. The predicted molar refractivity (Wildman–Crippen MR) is 120 cm³/mol. The average molecular weight is 439 g/mol. The van der Waals surface area contributed by atoms with E-state index < -0.39 is 5.97 Å². The van der Waals surface area contributed by atoms with E-state index in [1.54, 1.807) is 16.9 Å². The molecule has 0 atom stereocenters. The number of methoxy groups -OCH3 is 1. The normalized spacial score (nSPS) is 13.8. The maximum Gasteiger partial charge on any atom is 0.341 e. The van der Waals surface area contributed by atoms with E-state index >= 15 is 0 Å². The second kappa shape index (κ2) is 9.03. The summed E-state index contributed by atoms with van der Waals surface area (Å²) in [5.41, 5.74) is 3.17. The Morgan fingerprint density at radius 2 is 2.00 bits per heavy atom. The van der Waals surface area contributed by atoms with Gasteiger partial charge in [-0.3, -0.25) is 14.4 Å². The molecule has 0 bridgehead atoms. The zero-order valence-corrected chi connectivity index (χ0v) is 18.7. The van der Waals surface area contributed by atoms with E-state index in [9.17, 15) is 9.59 Å². The first-order valence-electron chi connectivity index (χ1n) is 10.3. The molecule has 3 aromatic rings. The monoisotopic (exact) mass is 438 g/mol. The van der Waals surface area contributed by atoms with Crippen LogP contribution in [0.5, 0.6) is 0 Å². The highest BCUT2D eigenvalue weighted by atomic mass is 32.1. The molecule has 1 aliphatic heterocycles. The van der Waals surface area contributed by atoms with Gasteiger partial charge in [-0.25, -0.2) is 4.79 Å². The van der Waals surface area contributed by atoms with Crippen LogP contribution in [0, 0.1) is 0 Å². The number of nitrogens with zero attached hydrogens (tertiary/aromatic N) is 3. The fourth-order valence-corrected chi connectivity index (χ4v) is 5.18. The molecule has 0 aliphatic carbocycles. The van der Waals surface area contributed by atoms with Crippen LogP contribution in [0.1, 0.15) is 56.7 Å². The molecule has 0 saturated carbocycles. The number of amides is 1. The van der Waals surface area contributed by atoms with E-state index in [4.69, 9.17) is 4.74 Å². The Bertz CT molecular complexity index is 1090. The smallest absolute Gasteiger partial charge is 0.341 e. The number of carbonyl (C=O) groups excluding carboxylic acids is 2. The lowest BCUT2D eigenvalue weighted by atomic mass is 10.0. The molecule has 0 spiro atoms. The summed E-state index contributed by atoms with van der Waals surface area (Å²) in [5, 5.41) is 7.71. The molecule has 2 aromatic heterocycles. The maximum absolute atomic E-state index is 13.0. The lowest BCUT2D eigenvalue weighted by molar-refractivity contribution is 0.0600. The molecule has 0 unspecified atom stereocenters. The average Bonchev–Trinajstić information content (AvgIpc) is 3.38. The molecule has 162 valence electrons. The SMILES string of the molecule is COC(=O)c1c(NC(=O)c2ccnn2C(C)C)sc2c1CCN(Cc1ccccc1)C2. The molecule has 0 fully saturated rings. The second-order valence-electron chi connectivity index (χ2n) is 7.85. The standard InChI is InChI=1S/C23H26N4O3S/c1-15(2)27-18(9-11-24-27)21(28)25-22-20(23(29)30-3)17-10-12-26(14-19(17)31-22)13-16-7-5-4-6-8-16/h4-9,11,15H,10,12-14H2,1-3H3,(H,25,28). The zero-order chi connectivity index (χ0) is 22.0. The third kappa shape index (κ3) is 4.40. The number of rotatable bonds is 6. The Labute approximate surface area is 185 Å². The molecule has 0 radical (unpaired) electrons. The quantitative estimate of drug-likeness (QED) is 0.586. The Hall–Kier alpha value is -2.97. The van der Waals surface area contributed by atoms with Gasteiger partial charge in [0.25, 0.3) is 5.91 Å². The van der Waals surface area contributed by atoms with Crippen molar-refractivity contribution in [3.63, 3.8) is 0 Å². The van der Waals surface area contributed by atoms with Crippen molar-refractivity contribution in [2.75, 3.05) is 19.0 Å². The Balaban J connectivity index is 1.60. The van der Waals surface area contributed by atoms with E-state index in [-0.39, 0.29) is 11.9 Å². The van der Waals surface area contributed by atoms with Crippen LogP contribution in [0.2, 0.25) is 0 Å². The van der Waals surface area contributed by atoms with Gasteiger partial charge in [0.05, 0.1) is 12.7 Å². The zero-order valence-electron chi connectivity index (χ0n) is 17.9. The minimum Gasteiger partial charge on any atom is -0.465 e. The Kier molecular flexibility index (Phi) is 6.20.